The van der Waals surface area contributed by atoms with Crippen molar-refractivity contribution in [2.24, 2.45) is 12.8 Å². The van der Waals surface area contributed by atoms with E-state index in [1.54, 1.807) is 25.5 Å². The highest BCUT2D eigenvalue weighted by atomic mass is 35.5. The van der Waals surface area contributed by atoms with Gasteiger partial charge >= 0.3 is 0 Å². The summed E-state index contributed by atoms with van der Waals surface area (Å²) in [4.78, 5) is 19.5. The summed E-state index contributed by atoms with van der Waals surface area (Å²) in [5.41, 5.74) is 9.13. The van der Waals surface area contributed by atoms with Gasteiger partial charge < -0.3 is 15.5 Å². The van der Waals surface area contributed by atoms with Gasteiger partial charge in [-0.2, -0.15) is 5.10 Å². The number of pyridine rings is 1. The van der Waals surface area contributed by atoms with Crippen LogP contribution >= 0.6 is 11.6 Å². The average Bonchev–Trinajstić information content (AvgIpc) is 3.32. The van der Waals surface area contributed by atoms with Crippen molar-refractivity contribution < 1.29 is 13.9 Å². The van der Waals surface area contributed by atoms with E-state index in [0.29, 0.717) is 28.1 Å². The number of hydrogen-bond donors (Lipinski definition) is 2. The van der Waals surface area contributed by atoms with Gasteiger partial charge in [0, 0.05) is 47.4 Å². The number of nitrogens with zero attached hydrogens (tertiary/aromatic N) is 3. The van der Waals surface area contributed by atoms with Crippen molar-refractivity contribution in [3.8, 4) is 16.9 Å². The number of carbonyl (C=O) groups is 1. The number of nitrogens with one attached hydrogen (secondary N) is 1. The molecule has 154 valence electrons. The van der Waals surface area contributed by atoms with Gasteiger partial charge in [0.05, 0.1) is 18.3 Å². The number of aromatic amines is 1. The zero-order valence-electron chi connectivity index (χ0n) is 16.5. The smallest absolute Gasteiger partial charge is 0.267 e. The summed E-state index contributed by atoms with van der Waals surface area (Å²) >= 11 is 6.28. The zero-order chi connectivity index (χ0) is 21.6. The maximum Gasteiger partial charge on any atom is 0.267 e. The van der Waals surface area contributed by atoms with Gasteiger partial charge in [-0.1, -0.05) is 18.5 Å². The fraction of sp³-hybridized carbons (Fsp3) is 0.190. The third-order valence-electron chi connectivity index (χ3n) is 5.26. The molecule has 3 aromatic heterocycles. The fourth-order valence-corrected chi connectivity index (χ4v) is 4.08. The molecule has 9 heteroatoms. The molecular weight excluding hydrogens is 409 g/mol. The third kappa shape index (κ3) is 3.09. The Bertz CT molecular complexity index is 1280. The van der Waals surface area contributed by atoms with Crippen LogP contribution in [0.5, 0.6) is 5.75 Å². The summed E-state index contributed by atoms with van der Waals surface area (Å²) in [6.45, 7) is 1.91. The van der Waals surface area contributed by atoms with Crippen LogP contribution in [0.15, 0.2) is 36.8 Å². The van der Waals surface area contributed by atoms with E-state index in [1.807, 2.05) is 19.2 Å². The summed E-state index contributed by atoms with van der Waals surface area (Å²) < 4.78 is 21.0. The molecule has 1 aromatic carbocycles. The van der Waals surface area contributed by atoms with Gasteiger partial charge in [-0.3, -0.25) is 9.48 Å². The molecule has 0 radical (unpaired) electrons. The van der Waals surface area contributed by atoms with Crippen molar-refractivity contribution in [2.75, 3.05) is 7.11 Å². The van der Waals surface area contributed by atoms with E-state index in [4.69, 9.17) is 22.1 Å². The number of benzene rings is 1. The largest absolute Gasteiger partial charge is 0.496 e. The third-order valence-corrected chi connectivity index (χ3v) is 5.64. The number of rotatable bonds is 5. The molecule has 0 saturated carbocycles. The molecule has 4 aromatic rings. The van der Waals surface area contributed by atoms with E-state index in [9.17, 15) is 9.18 Å². The number of ether oxygens (including phenoxy) is 1. The molecule has 0 fully saturated rings. The molecule has 3 N–H and O–H groups in total. The van der Waals surface area contributed by atoms with E-state index in [-0.39, 0.29) is 16.6 Å². The van der Waals surface area contributed by atoms with Gasteiger partial charge in [0.15, 0.2) is 0 Å². The highest BCUT2D eigenvalue weighted by Crippen LogP contribution is 2.41. The Morgan fingerprint density at radius 3 is 2.83 bits per heavy atom. The summed E-state index contributed by atoms with van der Waals surface area (Å²) in [7, 11) is 3.17. The highest BCUT2D eigenvalue weighted by molar-refractivity contribution is 6.31. The van der Waals surface area contributed by atoms with Crippen LogP contribution in [0.1, 0.15) is 34.5 Å². The molecule has 1 atom stereocenters. The van der Waals surface area contributed by atoms with Gasteiger partial charge in [0.25, 0.3) is 5.91 Å². The second-order valence-corrected chi connectivity index (χ2v) is 7.34. The number of nitrogens with two attached hydrogens (primary N) is 1. The minimum atomic E-state index is -0.580. The molecule has 1 unspecified atom stereocenters. The van der Waals surface area contributed by atoms with E-state index in [0.717, 1.165) is 10.9 Å². The standard InChI is InChI=1S/C21H19ClFN5O2/c1-10(17-16(30-3)5-4-15(23)18(17)22)13-8-26-21-12(13)6-11(7-25-21)14-9-27-28(2)19(14)20(24)29/h4-10H,1-3H3,(H2,24,29)(H,25,26). The van der Waals surface area contributed by atoms with Gasteiger partial charge in [-0.25, -0.2) is 9.37 Å². The topological polar surface area (TPSA) is 98.8 Å². The Hall–Kier alpha value is -3.39. The van der Waals surface area contributed by atoms with E-state index >= 15 is 0 Å². The normalized spacial score (nSPS) is 12.3. The van der Waals surface area contributed by atoms with Crippen molar-refractivity contribution in [3.05, 3.63) is 64.5 Å². The number of hydrogen-bond acceptors (Lipinski definition) is 4. The summed E-state index contributed by atoms with van der Waals surface area (Å²) in [6, 6.07) is 4.73. The van der Waals surface area contributed by atoms with Crippen LogP contribution < -0.4 is 10.5 Å². The quantitative estimate of drug-likeness (QED) is 0.502. The van der Waals surface area contributed by atoms with Gasteiger partial charge in [0.2, 0.25) is 0 Å². The zero-order valence-corrected chi connectivity index (χ0v) is 17.3. The molecular formula is C21H19ClFN5O2. The molecule has 4 rings (SSSR count). The van der Waals surface area contributed by atoms with Crippen molar-refractivity contribution in [1.82, 2.24) is 19.7 Å². The van der Waals surface area contributed by atoms with E-state index < -0.39 is 11.7 Å². The lowest BCUT2D eigenvalue weighted by atomic mass is 9.91. The first-order chi connectivity index (χ1) is 14.3. The van der Waals surface area contributed by atoms with Crippen LogP contribution in [0.3, 0.4) is 0 Å². The van der Waals surface area contributed by atoms with Crippen LogP contribution in [-0.4, -0.2) is 32.8 Å². The lowest BCUT2D eigenvalue weighted by molar-refractivity contribution is 0.0992. The molecule has 0 saturated heterocycles. The number of amides is 1. The average molecular weight is 428 g/mol. The fourth-order valence-electron chi connectivity index (χ4n) is 3.76. The molecule has 7 nitrogen and oxygen atoms in total. The lowest BCUT2D eigenvalue weighted by Gasteiger charge is -2.17. The Labute approximate surface area is 176 Å². The number of aryl methyl sites for hydroxylation is 1. The van der Waals surface area contributed by atoms with Gasteiger partial charge in [0.1, 0.15) is 22.9 Å². The molecule has 3 heterocycles. The maximum absolute atomic E-state index is 14.2. The van der Waals surface area contributed by atoms with Crippen LogP contribution in [0.25, 0.3) is 22.2 Å². The Morgan fingerprint density at radius 1 is 1.37 bits per heavy atom. The Kier molecular flexibility index (Phi) is 4.95. The maximum atomic E-state index is 14.2. The number of carbonyl (C=O) groups excluding carboxylic acids is 1. The SMILES string of the molecule is COc1ccc(F)c(Cl)c1C(C)c1c[nH]c2ncc(-c3cnn(C)c3C(N)=O)cc12. The predicted octanol–water partition coefficient (Wildman–Crippen LogP) is 4.02. The van der Waals surface area contributed by atoms with Gasteiger partial charge in [-0.15, -0.1) is 0 Å². The first-order valence-corrected chi connectivity index (χ1v) is 9.52. The molecule has 0 aliphatic heterocycles. The van der Waals surface area contributed by atoms with Crippen molar-refractivity contribution in [1.29, 1.82) is 0 Å². The predicted molar refractivity (Wildman–Crippen MR) is 112 cm³/mol. The molecule has 30 heavy (non-hydrogen) atoms. The second-order valence-electron chi connectivity index (χ2n) is 6.96. The second kappa shape index (κ2) is 7.46. The van der Waals surface area contributed by atoms with Crippen molar-refractivity contribution in [3.63, 3.8) is 0 Å². The summed E-state index contributed by atoms with van der Waals surface area (Å²) in [5.74, 6) is -0.891. The molecule has 0 bridgehead atoms. The number of methoxy groups -OCH3 is 1. The van der Waals surface area contributed by atoms with Crippen LogP contribution in [0.4, 0.5) is 4.39 Å². The Balaban J connectivity index is 1.88. The van der Waals surface area contributed by atoms with E-state index in [2.05, 4.69) is 15.1 Å². The summed E-state index contributed by atoms with van der Waals surface area (Å²) in [6.07, 6.45) is 5.03. The summed E-state index contributed by atoms with van der Waals surface area (Å²) in [5, 5.41) is 4.96. The van der Waals surface area contributed by atoms with Crippen molar-refractivity contribution in [2.45, 2.75) is 12.8 Å². The highest BCUT2D eigenvalue weighted by Gasteiger charge is 2.23. The van der Waals surface area contributed by atoms with E-state index in [1.165, 1.54) is 17.9 Å². The number of H-pyrrole nitrogens is 1. The van der Waals surface area contributed by atoms with Crippen molar-refractivity contribution >= 4 is 28.5 Å². The number of fused-ring (bicyclic) bond motifs is 1. The molecule has 0 aliphatic rings. The van der Waals surface area contributed by atoms with Gasteiger partial charge in [-0.05, 0) is 23.8 Å². The minimum Gasteiger partial charge on any atom is -0.496 e. The van der Waals surface area contributed by atoms with Crippen LogP contribution in [0, 0.1) is 5.82 Å². The minimum absolute atomic E-state index is 0.0172. The lowest BCUT2D eigenvalue weighted by Crippen LogP contribution is -2.16. The Morgan fingerprint density at radius 2 is 2.13 bits per heavy atom. The monoisotopic (exact) mass is 427 g/mol. The first-order valence-electron chi connectivity index (χ1n) is 9.14. The van der Waals surface area contributed by atoms with Crippen LogP contribution in [0.2, 0.25) is 5.02 Å². The number of aromatic nitrogens is 4. The number of primary amides is 1. The first kappa shape index (κ1) is 19.9. The molecule has 0 spiro atoms. The molecule has 1 amide bonds. The number of halogens is 2. The molecule has 0 aliphatic carbocycles. The van der Waals surface area contributed by atoms with Crippen LogP contribution in [-0.2, 0) is 7.05 Å².